The highest BCUT2D eigenvalue weighted by Gasteiger charge is 2.37. The molecule has 0 spiro atoms. The maximum absolute atomic E-state index is 3.63. The molecule has 0 nitrogen and oxygen atoms in total. The maximum atomic E-state index is 3.63. The zero-order valence-electron chi connectivity index (χ0n) is 4.91. The smallest absolute Gasteiger partial charge is 0.0369 e. The van der Waals surface area contributed by atoms with Crippen LogP contribution < -0.4 is 0 Å². The summed E-state index contributed by atoms with van der Waals surface area (Å²) < 4.78 is 0.340. The second kappa shape index (κ2) is 2.30. The first-order valence-corrected chi connectivity index (χ1v) is 5.71. The molecule has 1 heterocycles. The van der Waals surface area contributed by atoms with Crippen LogP contribution in [-0.4, -0.2) is 50.5 Å². The van der Waals surface area contributed by atoms with E-state index in [1.165, 1.54) is 0 Å². The minimum atomic E-state index is 0.170. The van der Waals surface area contributed by atoms with E-state index in [0.717, 1.165) is 22.4 Å². The summed E-state index contributed by atoms with van der Waals surface area (Å²) in [6.45, 7) is 0. The van der Waals surface area contributed by atoms with Gasteiger partial charge in [0.1, 0.15) is 0 Å². The SMILES string of the molecule is [Si]C1([Si])CCC([Si])([Si])[Si]1. The van der Waals surface area contributed by atoms with Crippen LogP contribution >= 0.6 is 0 Å². The molecule has 0 aromatic rings. The summed E-state index contributed by atoms with van der Waals surface area (Å²) in [6, 6.07) is 0. The van der Waals surface area contributed by atoms with Crippen molar-refractivity contribution < 1.29 is 0 Å². The molecule has 40 valence electrons. The lowest BCUT2D eigenvalue weighted by atomic mass is 10.4. The molecule has 0 aliphatic carbocycles. The minimum absolute atomic E-state index is 0.170. The lowest BCUT2D eigenvalue weighted by Crippen LogP contribution is -2.23. The van der Waals surface area contributed by atoms with Crippen molar-refractivity contribution in [2.45, 2.75) is 21.4 Å². The van der Waals surface area contributed by atoms with Gasteiger partial charge in [-0.15, -0.1) is 0 Å². The van der Waals surface area contributed by atoms with E-state index in [1.807, 2.05) is 0 Å². The first-order valence-electron chi connectivity index (χ1n) is 2.71. The summed E-state index contributed by atoms with van der Waals surface area (Å²) in [6.07, 6.45) is 2.32. The van der Waals surface area contributed by atoms with Crippen molar-refractivity contribution in [3.8, 4) is 0 Å². The Morgan fingerprint density at radius 2 is 1.22 bits per heavy atom. The third-order valence-electron chi connectivity index (χ3n) is 1.30. The van der Waals surface area contributed by atoms with Crippen LogP contribution in [0.15, 0.2) is 0 Å². The zero-order valence-corrected chi connectivity index (χ0v) is 9.91. The summed E-state index contributed by atoms with van der Waals surface area (Å²) in [5.41, 5.74) is 0. The molecule has 0 atom stereocenters. The van der Waals surface area contributed by atoms with E-state index in [1.54, 1.807) is 0 Å². The number of hydrogen-bond acceptors (Lipinski definition) is 0. The second-order valence-corrected chi connectivity index (χ2v) is 10.8. The Labute approximate surface area is 72.1 Å². The van der Waals surface area contributed by atoms with Crippen LogP contribution in [0.3, 0.4) is 0 Å². The second-order valence-electron chi connectivity index (χ2n) is 2.44. The Morgan fingerprint density at radius 1 is 0.889 bits per heavy atom. The van der Waals surface area contributed by atoms with Crippen molar-refractivity contribution in [3.63, 3.8) is 0 Å². The van der Waals surface area contributed by atoms with Gasteiger partial charge in [-0.1, -0.05) is 21.4 Å². The fourth-order valence-electron chi connectivity index (χ4n) is 0.864. The Kier molecular flexibility index (Phi) is 2.09. The van der Waals surface area contributed by atoms with Gasteiger partial charge in [-0.05, 0) is 0 Å². The summed E-state index contributed by atoms with van der Waals surface area (Å²) in [4.78, 5) is 0. The van der Waals surface area contributed by atoms with E-state index in [-0.39, 0.29) is 8.57 Å². The topological polar surface area (TPSA) is 0 Å². The van der Waals surface area contributed by atoms with Crippen molar-refractivity contribution in [1.29, 1.82) is 0 Å². The quantitative estimate of drug-likeness (QED) is 0.446. The van der Waals surface area contributed by atoms with E-state index in [4.69, 9.17) is 0 Å². The number of hydrogen-bond donors (Lipinski definition) is 0. The highest BCUT2D eigenvalue weighted by atomic mass is 28.3. The molecule has 0 amide bonds. The van der Waals surface area contributed by atoms with Gasteiger partial charge < -0.3 is 0 Å². The molecule has 0 aromatic heterocycles. The summed E-state index contributed by atoms with van der Waals surface area (Å²) >= 11 is 0. The molecule has 1 saturated heterocycles. The lowest BCUT2D eigenvalue weighted by Gasteiger charge is -2.18. The fourth-order valence-corrected chi connectivity index (χ4v) is 6.65. The molecule has 0 unspecified atom stereocenters. The molecule has 0 bridgehead atoms. The molecule has 1 fully saturated rings. The molecule has 14 radical (unpaired) electrons. The third kappa shape index (κ3) is 2.30. The van der Waals surface area contributed by atoms with Crippen molar-refractivity contribution in [2.24, 2.45) is 0 Å². The molecule has 0 N–H and O–H groups in total. The highest BCUT2D eigenvalue weighted by Crippen LogP contribution is 2.43. The van der Waals surface area contributed by atoms with E-state index >= 15 is 0 Å². The number of rotatable bonds is 0. The van der Waals surface area contributed by atoms with Crippen molar-refractivity contribution in [3.05, 3.63) is 0 Å². The van der Waals surface area contributed by atoms with Crippen LogP contribution in [0.5, 0.6) is 0 Å². The lowest BCUT2D eigenvalue weighted by molar-refractivity contribution is 0.822. The van der Waals surface area contributed by atoms with Gasteiger partial charge in [-0.3, -0.25) is 0 Å². The third-order valence-corrected chi connectivity index (χ3v) is 5.16. The molecule has 0 aromatic carbocycles. The van der Waals surface area contributed by atoms with E-state index in [2.05, 4.69) is 41.0 Å². The van der Waals surface area contributed by atoms with Gasteiger partial charge in [0.2, 0.25) is 0 Å². The van der Waals surface area contributed by atoms with Gasteiger partial charge >= 0.3 is 0 Å². The summed E-state index contributed by atoms with van der Waals surface area (Å²) in [5.74, 6) is 0. The van der Waals surface area contributed by atoms with E-state index in [0.29, 0.717) is 0 Å². The zero-order chi connectivity index (χ0) is 7.12. The average Bonchev–Trinajstić information content (AvgIpc) is 1.78. The van der Waals surface area contributed by atoms with Gasteiger partial charge in [-0.25, -0.2) is 0 Å². The van der Waals surface area contributed by atoms with Crippen molar-refractivity contribution in [2.75, 3.05) is 0 Å². The van der Waals surface area contributed by atoms with Gasteiger partial charge in [0, 0.05) is 50.5 Å². The summed E-state index contributed by atoms with van der Waals surface area (Å²) in [5, 5.41) is 0. The largest absolute Gasteiger partial charge is 0.0581 e. The standard InChI is InChI=1S/C4H4Si5/c5-3(6)1-2-4(7,8)9-3/h1-2H2. The van der Waals surface area contributed by atoms with Crippen LogP contribution in [0.4, 0.5) is 0 Å². The van der Waals surface area contributed by atoms with Crippen LogP contribution in [0.2, 0.25) is 8.57 Å². The molecule has 1 aliphatic heterocycles. The van der Waals surface area contributed by atoms with Crippen LogP contribution in [-0.2, 0) is 0 Å². The maximum Gasteiger partial charge on any atom is 0.0369 e. The first kappa shape index (κ1) is 8.18. The first-order chi connectivity index (χ1) is 3.91. The van der Waals surface area contributed by atoms with Crippen molar-refractivity contribution in [1.82, 2.24) is 0 Å². The van der Waals surface area contributed by atoms with Gasteiger partial charge in [0.15, 0.2) is 0 Å². The van der Waals surface area contributed by atoms with Crippen LogP contribution in [0.25, 0.3) is 0 Å². The van der Waals surface area contributed by atoms with Crippen LogP contribution in [0.1, 0.15) is 12.8 Å². The molecule has 1 rings (SSSR count). The Hall–Kier alpha value is 1.08. The minimum Gasteiger partial charge on any atom is -0.0581 e. The van der Waals surface area contributed by atoms with E-state index in [9.17, 15) is 0 Å². The predicted molar refractivity (Wildman–Crippen MR) is 43.4 cm³/mol. The Bertz CT molecular complexity index is 104. The van der Waals surface area contributed by atoms with E-state index < -0.39 is 0 Å². The molecular formula is C4H4Si5. The monoisotopic (exact) mass is 192 g/mol. The highest BCUT2D eigenvalue weighted by molar-refractivity contribution is 6.81. The average molecular weight is 193 g/mol. The summed E-state index contributed by atoms with van der Waals surface area (Å²) in [7, 11) is 15.3. The molecular weight excluding hydrogens is 188 g/mol. The van der Waals surface area contributed by atoms with Gasteiger partial charge in [0.25, 0.3) is 0 Å². The molecule has 0 saturated carbocycles. The fraction of sp³-hybridized carbons (Fsp3) is 1.00. The van der Waals surface area contributed by atoms with Gasteiger partial charge in [-0.2, -0.15) is 0 Å². The molecule has 1 aliphatic rings. The van der Waals surface area contributed by atoms with Crippen molar-refractivity contribution >= 4 is 50.5 Å². The molecule has 5 heteroatoms. The normalized spacial score (nSPS) is 30.7. The predicted octanol–water partition coefficient (Wildman–Crippen LogP) is -0.694. The Balaban J connectivity index is 2.58. The Morgan fingerprint density at radius 3 is 1.33 bits per heavy atom. The van der Waals surface area contributed by atoms with Crippen LogP contribution in [0, 0.1) is 0 Å². The molecule has 9 heavy (non-hydrogen) atoms. The van der Waals surface area contributed by atoms with Gasteiger partial charge in [0.05, 0.1) is 0 Å².